The molecule has 1 aromatic heterocycles. The Bertz CT molecular complexity index is 1330. The van der Waals surface area contributed by atoms with Crippen molar-refractivity contribution in [2.24, 2.45) is 0 Å². The van der Waals surface area contributed by atoms with E-state index in [1.807, 2.05) is 20.8 Å². The van der Waals surface area contributed by atoms with E-state index in [0.29, 0.717) is 5.69 Å². The molecule has 0 spiro atoms. The number of fused-ring (bicyclic) bond motifs is 1. The van der Waals surface area contributed by atoms with Crippen molar-refractivity contribution in [1.29, 1.82) is 0 Å². The van der Waals surface area contributed by atoms with Crippen LogP contribution in [0.2, 0.25) is 5.02 Å². The van der Waals surface area contributed by atoms with E-state index >= 15 is 0 Å². The number of amides is 2. The van der Waals surface area contributed by atoms with Crippen LogP contribution in [0.5, 0.6) is 0 Å². The fourth-order valence-corrected chi connectivity index (χ4v) is 4.78. The molecule has 0 fully saturated rings. The normalized spacial score (nSPS) is 13.9. The molecule has 7 nitrogen and oxygen atoms in total. The number of sulfonamides is 1. The molecule has 2 heterocycles. The summed E-state index contributed by atoms with van der Waals surface area (Å²) in [4.78, 5) is 31.0. The Morgan fingerprint density at radius 1 is 0.875 bits per heavy atom. The highest BCUT2D eigenvalue weighted by Gasteiger charge is 2.41. The summed E-state index contributed by atoms with van der Waals surface area (Å²) in [6.45, 7) is 6.09. The standard InChI is InChI=1S/C23H20ClN3O4S/c1-23(2,3)14-4-6-16(7-5-14)32(30,31)26-18-9-8-17(24)19-20(18)22(29)27(21(19)28)15-10-12-25-13-11-15/h4-13,26H,1-3H3. The molecule has 0 saturated heterocycles. The van der Waals surface area contributed by atoms with Crippen molar-refractivity contribution in [3.63, 3.8) is 0 Å². The minimum Gasteiger partial charge on any atom is -0.279 e. The van der Waals surface area contributed by atoms with Gasteiger partial charge in [0.05, 0.1) is 32.4 Å². The number of hydrogen-bond donors (Lipinski definition) is 1. The van der Waals surface area contributed by atoms with E-state index in [1.165, 1.54) is 48.8 Å². The van der Waals surface area contributed by atoms with Gasteiger partial charge in [0, 0.05) is 12.4 Å². The van der Waals surface area contributed by atoms with Crippen molar-refractivity contribution in [3.8, 4) is 0 Å². The van der Waals surface area contributed by atoms with E-state index in [-0.39, 0.29) is 32.1 Å². The van der Waals surface area contributed by atoms with Crippen LogP contribution in [0.15, 0.2) is 65.8 Å². The third-order valence-corrected chi connectivity index (χ3v) is 6.88. The SMILES string of the molecule is CC(C)(C)c1ccc(S(=O)(=O)Nc2ccc(Cl)c3c2C(=O)N(c2ccncc2)C3=O)cc1. The minimum atomic E-state index is -4.02. The fourth-order valence-electron chi connectivity index (χ4n) is 3.47. The van der Waals surface area contributed by atoms with Gasteiger partial charge in [-0.1, -0.05) is 44.5 Å². The van der Waals surface area contributed by atoms with Crippen LogP contribution in [0, 0.1) is 0 Å². The molecule has 164 valence electrons. The number of nitrogens with one attached hydrogen (secondary N) is 1. The highest BCUT2D eigenvalue weighted by Crippen LogP contribution is 2.37. The van der Waals surface area contributed by atoms with Crippen molar-refractivity contribution in [1.82, 2.24) is 4.98 Å². The van der Waals surface area contributed by atoms with Gasteiger partial charge < -0.3 is 0 Å². The van der Waals surface area contributed by atoms with Crippen LogP contribution >= 0.6 is 11.6 Å². The van der Waals surface area contributed by atoms with Gasteiger partial charge in [0.2, 0.25) is 0 Å². The van der Waals surface area contributed by atoms with Crippen molar-refractivity contribution < 1.29 is 18.0 Å². The second-order valence-corrected chi connectivity index (χ2v) is 10.5. The lowest BCUT2D eigenvalue weighted by atomic mass is 9.87. The molecular weight excluding hydrogens is 450 g/mol. The summed E-state index contributed by atoms with van der Waals surface area (Å²) in [5.41, 5.74) is 1.02. The van der Waals surface area contributed by atoms with Gasteiger partial charge in [-0.25, -0.2) is 13.3 Å². The molecule has 1 aliphatic heterocycles. The Morgan fingerprint density at radius 2 is 1.47 bits per heavy atom. The van der Waals surface area contributed by atoms with Crippen molar-refractivity contribution in [2.75, 3.05) is 9.62 Å². The molecule has 0 bridgehead atoms. The monoisotopic (exact) mass is 469 g/mol. The fraction of sp³-hybridized carbons (Fsp3) is 0.174. The van der Waals surface area contributed by atoms with Crippen molar-refractivity contribution in [3.05, 3.63) is 82.6 Å². The summed E-state index contributed by atoms with van der Waals surface area (Å²) in [6.07, 6.45) is 2.90. The number of carbonyl (C=O) groups excluding carboxylic acids is 2. The van der Waals surface area contributed by atoms with Gasteiger partial charge in [0.25, 0.3) is 21.8 Å². The summed E-state index contributed by atoms with van der Waals surface area (Å²) in [5, 5.41) is 0.0624. The summed E-state index contributed by atoms with van der Waals surface area (Å²) in [5.74, 6) is -1.30. The minimum absolute atomic E-state index is 0.0146. The Morgan fingerprint density at radius 3 is 2.06 bits per heavy atom. The molecular formula is C23H20ClN3O4S. The quantitative estimate of drug-likeness (QED) is 0.562. The lowest BCUT2D eigenvalue weighted by Crippen LogP contribution is -2.29. The van der Waals surface area contributed by atoms with Gasteiger partial charge in [0.15, 0.2) is 0 Å². The lowest BCUT2D eigenvalue weighted by molar-refractivity contribution is 0.0926. The molecule has 9 heteroatoms. The first kappa shape index (κ1) is 22.0. The summed E-state index contributed by atoms with van der Waals surface area (Å²) in [6, 6.07) is 12.3. The van der Waals surface area contributed by atoms with Crippen molar-refractivity contribution in [2.45, 2.75) is 31.1 Å². The largest absolute Gasteiger partial charge is 0.279 e. The molecule has 0 saturated carbocycles. The summed E-state index contributed by atoms with van der Waals surface area (Å²) >= 11 is 6.21. The van der Waals surface area contributed by atoms with Gasteiger partial charge in [-0.05, 0) is 47.4 Å². The van der Waals surface area contributed by atoms with E-state index in [0.717, 1.165) is 10.5 Å². The van der Waals surface area contributed by atoms with Gasteiger partial charge in [-0.2, -0.15) is 0 Å². The van der Waals surface area contributed by atoms with Crippen LogP contribution in [-0.2, 0) is 15.4 Å². The number of aromatic nitrogens is 1. The first-order chi connectivity index (χ1) is 15.0. The highest BCUT2D eigenvalue weighted by atomic mass is 35.5. The maximum absolute atomic E-state index is 13.1. The Kier molecular flexibility index (Phi) is 5.30. The van der Waals surface area contributed by atoms with E-state index in [2.05, 4.69) is 9.71 Å². The van der Waals surface area contributed by atoms with Crippen LogP contribution in [0.25, 0.3) is 0 Å². The number of imide groups is 1. The smallest absolute Gasteiger partial charge is 0.268 e. The van der Waals surface area contributed by atoms with Crippen LogP contribution in [0.4, 0.5) is 11.4 Å². The van der Waals surface area contributed by atoms with Crippen LogP contribution in [-0.4, -0.2) is 25.2 Å². The van der Waals surface area contributed by atoms with Gasteiger partial charge in [-0.15, -0.1) is 0 Å². The van der Waals surface area contributed by atoms with Gasteiger partial charge in [-0.3, -0.25) is 19.3 Å². The lowest BCUT2D eigenvalue weighted by Gasteiger charge is -2.19. The Balaban J connectivity index is 1.74. The molecule has 3 aromatic rings. The number of nitrogens with zero attached hydrogens (tertiary/aromatic N) is 2. The van der Waals surface area contributed by atoms with Crippen LogP contribution in [0.3, 0.4) is 0 Å². The third-order valence-electron chi connectivity index (χ3n) is 5.18. The molecule has 0 atom stereocenters. The number of halogens is 1. The highest BCUT2D eigenvalue weighted by molar-refractivity contribution is 7.92. The summed E-state index contributed by atoms with van der Waals surface area (Å²) in [7, 11) is -4.02. The zero-order valence-corrected chi connectivity index (χ0v) is 19.2. The topological polar surface area (TPSA) is 96.4 Å². The zero-order valence-electron chi connectivity index (χ0n) is 17.6. The number of hydrogen-bond acceptors (Lipinski definition) is 5. The summed E-state index contributed by atoms with van der Waals surface area (Å²) < 4.78 is 28.5. The average Bonchev–Trinajstić information content (AvgIpc) is 3.01. The Labute approximate surface area is 191 Å². The first-order valence-corrected chi connectivity index (χ1v) is 11.6. The van der Waals surface area contributed by atoms with Crippen LogP contribution in [0.1, 0.15) is 47.1 Å². The van der Waals surface area contributed by atoms with E-state index in [4.69, 9.17) is 11.6 Å². The van der Waals surface area contributed by atoms with E-state index in [9.17, 15) is 18.0 Å². The molecule has 0 unspecified atom stereocenters. The van der Waals surface area contributed by atoms with Crippen LogP contribution < -0.4 is 9.62 Å². The second kappa shape index (κ2) is 7.72. The van der Waals surface area contributed by atoms with Gasteiger partial charge >= 0.3 is 0 Å². The molecule has 2 amide bonds. The molecule has 32 heavy (non-hydrogen) atoms. The molecule has 0 aliphatic carbocycles. The number of carbonyl (C=O) groups is 2. The number of anilines is 2. The maximum atomic E-state index is 13.1. The first-order valence-electron chi connectivity index (χ1n) is 9.75. The molecule has 4 rings (SSSR count). The van der Waals surface area contributed by atoms with Gasteiger partial charge in [0.1, 0.15) is 0 Å². The molecule has 1 aliphatic rings. The number of benzene rings is 2. The average molecular weight is 470 g/mol. The number of pyridine rings is 1. The molecule has 0 radical (unpaired) electrons. The third kappa shape index (κ3) is 3.76. The molecule has 1 N–H and O–H groups in total. The Hall–Kier alpha value is -3.23. The number of rotatable bonds is 4. The van der Waals surface area contributed by atoms with E-state index in [1.54, 1.807) is 12.1 Å². The zero-order chi connectivity index (χ0) is 23.3. The molecule has 2 aromatic carbocycles. The van der Waals surface area contributed by atoms with E-state index < -0.39 is 21.8 Å². The van der Waals surface area contributed by atoms with Crippen molar-refractivity contribution >= 4 is 44.8 Å². The second-order valence-electron chi connectivity index (χ2n) is 8.38. The maximum Gasteiger partial charge on any atom is 0.268 e. The predicted octanol–water partition coefficient (Wildman–Crippen LogP) is 4.63. The predicted molar refractivity (Wildman–Crippen MR) is 123 cm³/mol.